The van der Waals surface area contributed by atoms with Crippen LogP contribution in [0.3, 0.4) is 0 Å². The van der Waals surface area contributed by atoms with E-state index in [4.69, 9.17) is 45.0 Å². The molecule has 7 amide bonds. The molecule has 0 spiro atoms. The number of aromatic amines is 1. The van der Waals surface area contributed by atoms with E-state index in [-0.39, 0.29) is 212 Å². The number of carboxylic acid groups (broad SMARTS) is 6. The Balaban J connectivity index is 1.52. The number of carbonyl (C=O) groups is 19. The van der Waals surface area contributed by atoms with Crippen LogP contribution in [-0.4, -0.2) is 300 Å². The van der Waals surface area contributed by atoms with Crippen LogP contribution in [0.15, 0.2) is 12.5 Å². The lowest BCUT2D eigenvalue weighted by molar-refractivity contribution is -0.145. The maximum absolute atomic E-state index is 13.7. The van der Waals surface area contributed by atoms with Gasteiger partial charge in [0.25, 0.3) is 0 Å². The van der Waals surface area contributed by atoms with Gasteiger partial charge in [-0.1, -0.05) is 83.5 Å². The number of aromatic nitrogens is 2. The Hall–Kier alpha value is -10.0. The third-order valence-electron chi connectivity index (χ3n) is 22.2. The number of ketones is 6. The fourth-order valence-corrected chi connectivity index (χ4v) is 14.2. The Morgan fingerprint density at radius 1 is 0.427 bits per heavy atom. The average Bonchev–Trinajstić information content (AvgIpc) is 1.63. The van der Waals surface area contributed by atoms with Crippen molar-refractivity contribution in [3.8, 4) is 0 Å². The number of nitrogens with one attached hydrogen (secondary N) is 8. The Kier molecular flexibility index (Phi) is 63.2. The second kappa shape index (κ2) is 70.7. The topological polar surface area (TPSA) is 686 Å². The second-order valence-electron chi connectivity index (χ2n) is 33.1. The van der Waals surface area contributed by atoms with E-state index in [2.05, 4.69) is 47.2 Å². The minimum absolute atomic E-state index is 0.00229. The highest BCUT2D eigenvalue weighted by Crippen LogP contribution is 2.45. The van der Waals surface area contributed by atoms with Crippen molar-refractivity contribution in [3.05, 3.63) is 18.2 Å². The molecule has 0 radical (unpaired) electrons. The van der Waals surface area contributed by atoms with Crippen molar-refractivity contribution >= 4 is 112 Å². The second-order valence-corrected chi connectivity index (χ2v) is 33.1. The normalized spacial score (nSPS) is 14.2. The lowest BCUT2D eigenvalue weighted by Crippen LogP contribution is -2.56. The number of hydrogen-bond donors (Lipinski definition) is 17. The summed E-state index contributed by atoms with van der Waals surface area (Å²) < 4.78 is 32.1. The number of unbranched alkanes of at least 4 members (excludes halogenated alkanes) is 14. The fourth-order valence-electron chi connectivity index (χ4n) is 14.2. The van der Waals surface area contributed by atoms with Crippen LogP contribution in [-0.2, 0) is 126 Å². The lowest BCUT2D eigenvalue weighted by atomic mass is 9.62. The molecule has 0 aliphatic heterocycles. The summed E-state index contributed by atoms with van der Waals surface area (Å²) in [5.74, 6) is -19.0. The first-order valence-corrected chi connectivity index (χ1v) is 45.6. The number of H-pyrrole nitrogens is 1. The van der Waals surface area contributed by atoms with E-state index in [0.29, 0.717) is 44.2 Å². The highest BCUT2D eigenvalue weighted by molar-refractivity contribution is 5.96. The number of aliphatic carboxylic acids is 6. The van der Waals surface area contributed by atoms with Crippen LogP contribution < -0.4 is 48.7 Å². The van der Waals surface area contributed by atoms with E-state index in [1.54, 1.807) is 6.20 Å². The summed E-state index contributed by atoms with van der Waals surface area (Å²) in [5.41, 5.74) is 11.3. The number of primary amides is 1. The molecule has 1 saturated carbocycles. The number of nitrogens with two attached hydrogens (primary N) is 2. The molecule has 0 bridgehead atoms. The van der Waals surface area contributed by atoms with Crippen LogP contribution in [0.4, 0.5) is 0 Å². The van der Waals surface area contributed by atoms with Gasteiger partial charge >= 0.3 is 35.8 Å². The fraction of sp³-hybridized carbons (Fsp3) is 0.750. The molecule has 1 aliphatic rings. The summed E-state index contributed by atoms with van der Waals surface area (Å²) in [6, 6.07) is -4.82. The van der Waals surface area contributed by atoms with Crippen molar-refractivity contribution in [2.75, 3.05) is 112 Å². The number of carbonyl (C=O) groups excluding carboxylic acids is 13. The van der Waals surface area contributed by atoms with Crippen molar-refractivity contribution < 1.29 is 155 Å². The molecule has 1 aromatic rings. The SMILES string of the molecule is C[C@@H](O)[C@H](NC(=O)[C@H](CCCCNC(=O)CC[C@H](CC(=O)COCCOCCNC(=O)CC[C@H](CC(=O)COCCOCCNC(=O)CC[C@H](CC(=O)COCCOCCNC(=O)CC[C@H](NC(=O)CC[C@H](CC(=O)CCCCCCCCCCCCCCCCC(=O)O)C(=O)O)C(=O)O)C(=O)O)C(=O)O)C(=O)O)NCC(=O)C1(CC(=O)[C@@H](N)Cc2cnc[nH]2)CCC1)C(N)=O. The molecule has 0 saturated heterocycles. The summed E-state index contributed by atoms with van der Waals surface area (Å²) in [6.45, 7) is -0.438. The summed E-state index contributed by atoms with van der Waals surface area (Å²) >= 11 is 0. The minimum atomic E-state index is -1.45. The molecule has 0 aromatic carbocycles. The lowest BCUT2D eigenvalue weighted by Gasteiger charge is -2.40. The highest BCUT2D eigenvalue weighted by atomic mass is 16.5. The number of rotatable bonds is 88. The average molecular weight is 1870 g/mol. The van der Waals surface area contributed by atoms with Crippen molar-refractivity contribution in [2.45, 2.75) is 281 Å². The number of aliphatic hydroxyl groups is 1. The number of Topliss-reactive ketones (excluding diaryl/α,β-unsaturated/α-hetero) is 6. The zero-order chi connectivity index (χ0) is 97.2. The summed E-state index contributed by atoms with van der Waals surface area (Å²) in [5, 5.41) is 85.4. The van der Waals surface area contributed by atoms with Gasteiger partial charge in [0, 0.05) is 127 Å². The molecule has 1 fully saturated rings. The van der Waals surface area contributed by atoms with Gasteiger partial charge in [0.1, 0.15) is 37.7 Å². The maximum Gasteiger partial charge on any atom is 0.326 e. The molecule has 43 nitrogen and oxygen atoms in total. The van der Waals surface area contributed by atoms with Gasteiger partial charge < -0.3 is 113 Å². The van der Waals surface area contributed by atoms with E-state index in [1.165, 1.54) is 32.5 Å². The molecule has 1 heterocycles. The van der Waals surface area contributed by atoms with Gasteiger partial charge in [-0.25, -0.2) is 9.78 Å². The Bertz CT molecular complexity index is 3670. The van der Waals surface area contributed by atoms with Crippen molar-refractivity contribution in [1.29, 1.82) is 0 Å². The van der Waals surface area contributed by atoms with Gasteiger partial charge in [-0.05, 0) is 84.0 Å². The van der Waals surface area contributed by atoms with E-state index in [1.807, 2.05) is 0 Å². The third-order valence-corrected chi connectivity index (χ3v) is 22.2. The third kappa shape index (κ3) is 57.8. The molecule has 2 rings (SSSR count). The number of nitrogens with zero attached hydrogens (tertiary/aromatic N) is 1. The zero-order valence-electron chi connectivity index (χ0n) is 75.7. The number of carboxylic acids is 6. The van der Waals surface area contributed by atoms with Crippen LogP contribution >= 0.6 is 0 Å². The predicted octanol–water partition coefficient (Wildman–Crippen LogP) is 2.46. The van der Waals surface area contributed by atoms with Gasteiger partial charge in [0.05, 0.1) is 114 Å². The van der Waals surface area contributed by atoms with Gasteiger partial charge in [-0.15, -0.1) is 0 Å². The summed E-state index contributed by atoms with van der Waals surface area (Å²) in [6.07, 6.45) is 15.1. The van der Waals surface area contributed by atoms with Crippen molar-refractivity contribution in [3.63, 3.8) is 0 Å². The summed E-state index contributed by atoms with van der Waals surface area (Å²) in [4.78, 5) is 243. The van der Waals surface area contributed by atoms with Crippen molar-refractivity contribution in [1.82, 2.24) is 47.2 Å². The molecule has 1 aromatic heterocycles. The zero-order valence-corrected chi connectivity index (χ0v) is 75.7. The number of hydrogen-bond acceptors (Lipinski definition) is 29. The summed E-state index contributed by atoms with van der Waals surface area (Å²) in [7, 11) is 0. The molecule has 742 valence electrons. The first-order valence-electron chi connectivity index (χ1n) is 45.6. The van der Waals surface area contributed by atoms with Crippen LogP contribution in [0.5, 0.6) is 0 Å². The van der Waals surface area contributed by atoms with Crippen LogP contribution in [0, 0.1) is 29.1 Å². The first kappa shape index (κ1) is 117. The minimum Gasteiger partial charge on any atom is -0.481 e. The Labute approximate surface area is 763 Å². The quantitative estimate of drug-likeness (QED) is 0.0416. The van der Waals surface area contributed by atoms with Gasteiger partial charge in [-0.3, -0.25) is 91.6 Å². The molecule has 0 unspecified atom stereocenters. The largest absolute Gasteiger partial charge is 0.481 e. The van der Waals surface area contributed by atoms with Crippen LogP contribution in [0.2, 0.25) is 0 Å². The number of aliphatic hydroxyl groups excluding tert-OH is 1. The van der Waals surface area contributed by atoms with Crippen LogP contribution in [0.1, 0.15) is 250 Å². The first-order chi connectivity index (χ1) is 62.5. The van der Waals surface area contributed by atoms with E-state index in [9.17, 15) is 122 Å². The molecular formula is C88H143N11O32. The molecule has 9 atom stereocenters. The van der Waals surface area contributed by atoms with E-state index in [0.717, 1.165) is 64.2 Å². The maximum atomic E-state index is 13.7. The number of ether oxygens (including phenoxy) is 6. The van der Waals surface area contributed by atoms with Gasteiger partial charge in [0.15, 0.2) is 28.9 Å². The molecule has 1 aliphatic carbocycles. The molecular weight excluding hydrogens is 1720 g/mol. The van der Waals surface area contributed by atoms with E-state index < -0.39 is 193 Å². The molecule has 19 N–H and O–H groups in total. The number of imidazole rings is 1. The predicted molar refractivity (Wildman–Crippen MR) is 467 cm³/mol. The smallest absolute Gasteiger partial charge is 0.326 e. The highest BCUT2D eigenvalue weighted by Gasteiger charge is 2.46. The Morgan fingerprint density at radius 2 is 0.809 bits per heavy atom. The van der Waals surface area contributed by atoms with Crippen molar-refractivity contribution in [2.24, 2.45) is 40.6 Å². The van der Waals surface area contributed by atoms with E-state index >= 15 is 0 Å². The Morgan fingerprint density at radius 3 is 1.18 bits per heavy atom. The molecule has 131 heavy (non-hydrogen) atoms. The van der Waals surface area contributed by atoms with Crippen LogP contribution in [0.25, 0.3) is 0 Å². The van der Waals surface area contributed by atoms with Gasteiger partial charge in [0.2, 0.25) is 41.4 Å². The molecule has 43 heteroatoms. The number of amides is 7. The standard InChI is InChI=1S/C88H143N11O32/c1-59(100)80(81(90)114)99-82(115)70(96-54-73(106)88(32-18-33-88)52-72(105)69(89)51-64-53-91-58-97-64)20-16-17-34-92-74(107)27-22-61(84(118)119)48-66(102)55-129-44-41-126-38-35-93-75(108)28-23-62(85(120)121)49-67(103)56-130-45-42-127-39-36-94-76(109)29-24-63(86(122)123)50-68(104)57-131-46-43-128-40-37-95-77(110)31-26-71(87(124)125)98-78(111)30-25-60(83(116)117)47-65(101)19-14-12-10-8-6-4-2-3-5-7-9-11-13-15-21-79(112)113/h53,58-63,69-71,80,96,100H,2-52,54-57,89H2,1H3,(H2,90,114)(H,91,97)(H,92,107)(H,93,108)(H,94,109)(H,95,110)(H,98,111)(H,99,115)(H,112,113)(H,116,117)(H,118,119)(H,120,121)(H,122,123)(H,124,125)/t59-,60-,61-,62-,63-,69+,70+,71+,80+/m1/s1. The monoisotopic (exact) mass is 1870 g/mol. The van der Waals surface area contributed by atoms with Gasteiger partial charge in [-0.2, -0.15) is 0 Å².